The molecular weight excluding hydrogens is 394 g/mol. The topological polar surface area (TPSA) is 142 Å². The summed E-state index contributed by atoms with van der Waals surface area (Å²) in [5.74, 6) is -1.56. The lowest BCUT2D eigenvalue weighted by molar-refractivity contribution is -0.385. The number of aromatic nitrogens is 2. The van der Waals surface area contributed by atoms with Crippen LogP contribution in [-0.4, -0.2) is 44.8 Å². The number of fused-ring (bicyclic) bond motifs is 1. The van der Waals surface area contributed by atoms with Crippen molar-refractivity contribution < 1.29 is 24.4 Å². The van der Waals surface area contributed by atoms with Crippen LogP contribution in [0.2, 0.25) is 0 Å². The lowest BCUT2D eigenvalue weighted by atomic mass is 10.1. The Morgan fingerprint density at radius 2 is 1.90 bits per heavy atom. The van der Waals surface area contributed by atoms with Crippen molar-refractivity contribution in [2.75, 3.05) is 13.2 Å². The summed E-state index contributed by atoms with van der Waals surface area (Å²) < 4.78 is 6.01. The number of ketones is 1. The molecule has 0 atom stereocenters. The monoisotopic (exact) mass is 411 g/mol. The predicted octanol–water partition coefficient (Wildman–Crippen LogP) is 1.65. The third kappa shape index (κ3) is 4.08. The first-order valence-corrected chi connectivity index (χ1v) is 8.89. The molecule has 0 aliphatic carbocycles. The molecule has 0 radical (unpaired) electrons. The van der Waals surface area contributed by atoms with Crippen LogP contribution in [0.15, 0.2) is 47.3 Å². The van der Waals surface area contributed by atoms with Gasteiger partial charge in [-0.15, -0.1) is 0 Å². The van der Waals surface area contributed by atoms with Crippen LogP contribution in [0, 0.1) is 17.0 Å². The van der Waals surface area contributed by atoms with Crippen molar-refractivity contribution in [2.24, 2.45) is 0 Å². The van der Waals surface area contributed by atoms with E-state index in [1.54, 1.807) is 19.1 Å². The minimum Gasteiger partial charge on any atom is -0.452 e. The second-order valence-electron chi connectivity index (χ2n) is 6.40. The summed E-state index contributed by atoms with van der Waals surface area (Å²) in [4.78, 5) is 47.7. The van der Waals surface area contributed by atoms with Crippen molar-refractivity contribution in [2.45, 2.75) is 13.5 Å². The standard InChI is InChI=1S/C20H17N3O7/c1-12-6-7-13(10-16(12)23(28)29)17(25)11-30-20(27)18-14-4-2-3-5-15(14)19(26)22(21-18)8-9-24/h2-7,10,24H,8-9,11H2,1H3. The van der Waals surface area contributed by atoms with E-state index in [9.17, 15) is 24.5 Å². The van der Waals surface area contributed by atoms with Gasteiger partial charge in [0.25, 0.3) is 11.2 Å². The fraction of sp³-hybridized carbons (Fsp3) is 0.200. The number of hydrogen-bond donors (Lipinski definition) is 1. The molecule has 2 aromatic carbocycles. The van der Waals surface area contributed by atoms with Crippen LogP contribution in [0.3, 0.4) is 0 Å². The largest absolute Gasteiger partial charge is 0.452 e. The fourth-order valence-corrected chi connectivity index (χ4v) is 2.89. The summed E-state index contributed by atoms with van der Waals surface area (Å²) in [5.41, 5.74) is -0.435. The molecule has 0 bridgehead atoms. The molecule has 0 saturated heterocycles. The smallest absolute Gasteiger partial charge is 0.359 e. The van der Waals surface area contributed by atoms with Crippen LogP contribution < -0.4 is 5.56 Å². The highest BCUT2D eigenvalue weighted by Gasteiger charge is 2.20. The summed E-state index contributed by atoms with van der Waals surface area (Å²) in [7, 11) is 0. The highest BCUT2D eigenvalue weighted by molar-refractivity contribution is 6.04. The summed E-state index contributed by atoms with van der Waals surface area (Å²) in [6, 6.07) is 10.2. The van der Waals surface area contributed by atoms with Crippen LogP contribution in [0.5, 0.6) is 0 Å². The Balaban J connectivity index is 1.86. The van der Waals surface area contributed by atoms with Gasteiger partial charge in [0.2, 0.25) is 5.78 Å². The van der Waals surface area contributed by atoms with E-state index in [0.29, 0.717) is 5.56 Å². The summed E-state index contributed by atoms with van der Waals surface area (Å²) in [6.45, 7) is 0.416. The number of nitrogens with zero attached hydrogens (tertiary/aromatic N) is 3. The van der Waals surface area contributed by atoms with Crippen LogP contribution in [0.1, 0.15) is 26.4 Å². The van der Waals surface area contributed by atoms with Crippen molar-refractivity contribution in [1.29, 1.82) is 0 Å². The third-order valence-corrected chi connectivity index (χ3v) is 4.44. The van der Waals surface area contributed by atoms with Gasteiger partial charge in [-0.1, -0.05) is 30.3 Å². The Labute approximate surface area is 169 Å². The third-order valence-electron chi connectivity index (χ3n) is 4.44. The molecule has 0 spiro atoms. The van der Waals surface area contributed by atoms with Gasteiger partial charge in [0.05, 0.1) is 23.5 Å². The second kappa shape index (κ2) is 8.62. The Bertz CT molecular complexity index is 1220. The molecule has 0 unspecified atom stereocenters. The molecule has 1 aromatic heterocycles. The lowest BCUT2D eigenvalue weighted by Gasteiger charge is -2.10. The minimum atomic E-state index is -0.937. The summed E-state index contributed by atoms with van der Waals surface area (Å²) >= 11 is 0. The number of carbonyl (C=O) groups is 2. The predicted molar refractivity (Wildman–Crippen MR) is 106 cm³/mol. The molecule has 10 nitrogen and oxygen atoms in total. The molecule has 3 aromatic rings. The Morgan fingerprint density at radius 3 is 2.57 bits per heavy atom. The van der Waals surface area contributed by atoms with Crippen LogP contribution in [-0.2, 0) is 11.3 Å². The molecule has 154 valence electrons. The molecule has 0 fully saturated rings. The van der Waals surface area contributed by atoms with Crippen molar-refractivity contribution in [3.63, 3.8) is 0 Å². The first kappa shape index (κ1) is 20.8. The van der Waals surface area contributed by atoms with E-state index >= 15 is 0 Å². The number of aryl methyl sites for hydroxylation is 1. The van der Waals surface area contributed by atoms with Crippen molar-refractivity contribution in [1.82, 2.24) is 9.78 Å². The van der Waals surface area contributed by atoms with Gasteiger partial charge >= 0.3 is 5.97 Å². The number of hydrogen-bond acceptors (Lipinski definition) is 8. The molecular formula is C20H17N3O7. The normalized spacial score (nSPS) is 10.7. The summed E-state index contributed by atoms with van der Waals surface area (Å²) in [5, 5.41) is 24.6. The van der Waals surface area contributed by atoms with E-state index in [2.05, 4.69) is 5.10 Å². The van der Waals surface area contributed by atoms with Gasteiger partial charge < -0.3 is 9.84 Å². The molecule has 0 amide bonds. The van der Waals surface area contributed by atoms with Crippen molar-refractivity contribution in [3.05, 3.63) is 79.8 Å². The van der Waals surface area contributed by atoms with E-state index in [4.69, 9.17) is 9.84 Å². The number of ether oxygens (including phenoxy) is 1. The molecule has 3 rings (SSSR count). The zero-order chi connectivity index (χ0) is 21.8. The molecule has 10 heteroatoms. The highest BCUT2D eigenvalue weighted by atomic mass is 16.6. The molecule has 0 aliphatic heterocycles. The lowest BCUT2D eigenvalue weighted by Crippen LogP contribution is -2.28. The van der Waals surface area contributed by atoms with E-state index in [1.807, 2.05) is 0 Å². The molecule has 0 saturated carbocycles. The van der Waals surface area contributed by atoms with E-state index in [0.717, 1.165) is 10.7 Å². The number of carbonyl (C=O) groups excluding carboxylic acids is 2. The fourth-order valence-electron chi connectivity index (χ4n) is 2.89. The molecule has 1 N–H and O–H groups in total. The zero-order valence-electron chi connectivity index (χ0n) is 15.9. The summed E-state index contributed by atoms with van der Waals surface area (Å²) in [6.07, 6.45) is 0. The van der Waals surface area contributed by atoms with Gasteiger partial charge in [0.1, 0.15) is 0 Å². The van der Waals surface area contributed by atoms with Crippen molar-refractivity contribution in [3.8, 4) is 0 Å². The molecule has 30 heavy (non-hydrogen) atoms. The van der Waals surface area contributed by atoms with Gasteiger partial charge in [0.15, 0.2) is 12.3 Å². The number of benzene rings is 2. The first-order chi connectivity index (χ1) is 14.3. The quantitative estimate of drug-likeness (QED) is 0.268. The number of nitro benzene ring substituents is 1. The second-order valence-corrected chi connectivity index (χ2v) is 6.40. The Kier molecular flexibility index (Phi) is 5.98. The van der Waals surface area contributed by atoms with Gasteiger partial charge in [-0.05, 0) is 13.0 Å². The number of rotatable bonds is 7. The van der Waals surface area contributed by atoms with Crippen LogP contribution in [0.4, 0.5) is 5.69 Å². The molecule has 0 aliphatic rings. The SMILES string of the molecule is Cc1ccc(C(=O)COC(=O)c2nn(CCO)c(=O)c3ccccc23)cc1[N+](=O)[O-]. The van der Waals surface area contributed by atoms with Gasteiger partial charge in [0, 0.05) is 22.6 Å². The number of nitro groups is 1. The average Bonchev–Trinajstić information content (AvgIpc) is 2.74. The highest BCUT2D eigenvalue weighted by Crippen LogP contribution is 2.20. The van der Waals surface area contributed by atoms with Gasteiger partial charge in [-0.2, -0.15) is 5.10 Å². The van der Waals surface area contributed by atoms with E-state index < -0.39 is 28.8 Å². The van der Waals surface area contributed by atoms with Crippen LogP contribution >= 0.6 is 0 Å². The maximum Gasteiger partial charge on any atom is 0.359 e. The maximum atomic E-state index is 12.6. The number of aliphatic hydroxyl groups excluding tert-OH is 1. The maximum absolute atomic E-state index is 12.6. The zero-order valence-corrected chi connectivity index (χ0v) is 15.9. The van der Waals surface area contributed by atoms with E-state index in [-0.39, 0.29) is 40.9 Å². The van der Waals surface area contributed by atoms with Gasteiger partial charge in [-0.3, -0.25) is 19.7 Å². The number of aliphatic hydroxyl groups is 1. The minimum absolute atomic E-state index is 0.0307. The van der Waals surface area contributed by atoms with Crippen LogP contribution in [0.25, 0.3) is 10.8 Å². The Hall–Kier alpha value is -3.92. The van der Waals surface area contributed by atoms with Gasteiger partial charge in [-0.25, -0.2) is 9.48 Å². The first-order valence-electron chi connectivity index (χ1n) is 8.89. The Morgan fingerprint density at radius 1 is 1.20 bits per heavy atom. The van der Waals surface area contributed by atoms with Crippen molar-refractivity contribution >= 4 is 28.2 Å². The van der Waals surface area contributed by atoms with E-state index in [1.165, 1.54) is 24.3 Å². The molecule has 1 heterocycles. The number of esters is 1. The number of Topliss-reactive ketones (excluding diaryl/α,β-unsaturated/α-hetero) is 1. The average molecular weight is 411 g/mol.